The minimum absolute atomic E-state index is 0.527. The predicted octanol–water partition coefficient (Wildman–Crippen LogP) is 1.40. The predicted molar refractivity (Wildman–Crippen MR) is 61.3 cm³/mol. The summed E-state index contributed by atoms with van der Waals surface area (Å²) in [6.45, 7) is 1.94. The van der Waals surface area contributed by atoms with Gasteiger partial charge in [0, 0.05) is 12.4 Å². The molecular weight excluding hydrogens is 226 g/mol. The van der Waals surface area contributed by atoms with Crippen molar-refractivity contribution in [2.75, 3.05) is 4.72 Å². The van der Waals surface area contributed by atoms with Crippen molar-refractivity contribution in [1.82, 2.24) is 8.96 Å². The van der Waals surface area contributed by atoms with Gasteiger partial charge in [0.05, 0.1) is 5.69 Å². The topological polar surface area (TPSA) is 64.0 Å². The van der Waals surface area contributed by atoms with E-state index in [1.165, 1.54) is 18.7 Å². The fraction of sp³-hybridized carbons (Fsp3) is 0.100. The first-order chi connectivity index (χ1) is 7.58. The van der Waals surface area contributed by atoms with Crippen LogP contribution in [0.25, 0.3) is 0 Å². The number of anilines is 1. The van der Waals surface area contributed by atoms with Crippen LogP contribution in [-0.2, 0) is 10.2 Å². The van der Waals surface area contributed by atoms with Gasteiger partial charge in [0.15, 0.2) is 0 Å². The maximum atomic E-state index is 11.8. The molecule has 0 aliphatic heterocycles. The van der Waals surface area contributed by atoms with Gasteiger partial charge < -0.3 is 0 Å². The molecule has 0 radical (unpaired) electrons. The summed E-state index contributed by atoms with van der Waals surface area (Å²) < 4.78 is 27.0. The molecule has 0 aliphatic rings. The Bertz CT molecular complexity index is 559. The van der Waals surface area contributed by atoms with Crippen molar-refractivity contribution >= 4 is 15.9 Å². The number of nitrogens with one attached hydrogen (secondary N) is 1. The lowest BCUT2D eigenvalue weighted by molar-refractivity contribution is 0.592. The molecule has 0 saturated carbocycles. The molecule has 1 aromatic carbocycles. The highest BCUT2D eigenvalue weighted by Crippen LogP contribution is 2.11. The third-order valence-electron chi connectivity index (χ3n) is 2.06. The maximum Gasteiger partial charge on any atom is 0.328 e. The smallest absolute Gasteiger partial charge is 0.266 e. The van der Waals surface area contributed by atoms with E-state index in [9.17, 15) is 8.42 Å². The van der Waals surface area contributed by atoms with Crippen LogP contribution in [0.1, 0.15) is 5.56 Å². The van der Waals surface area contributed by atoms with Crippen molar-refractivity contribution in [2.24, 2.45) is 0 Å². The zero-order chi connectivity index (χ0) is 11.6. The molecule has 84 valence electrons. The van der Waals surface area contributed by atoms with Crippen LogP contribution in [0.2, 0.25) is 0 Å². The van der Waals surface area contributed by atoms with Gasteiger partial charge in [0.1, 0.15) is 6.33 Å². The zero-order valence-electron chi connectivity index (χ0n) is 8.66. The van der Waals surface area contributed by atoms with Gasteiger partial charge in [0.2, 0.25) is 0 Å². The molecular formula is C10H11N3O2S. The second-order valence-corrected chi connectivity index (χ2v) is 4.94. The van der Waals surface area contributed by atoms with E-state index in [1.54, 1.807) is 12.1 Å². The number of rotatable bonds is 3. The zero-order valence-corrected chi connectivity index (χ0v) is 9.48. The molecule has 2 aromatic rings. The third kappa shape index (κ3) is 2.22. The second-order valence-electron chi connectivity index (χ2n) is 3.37. The van der Waals surface area contributed by atoms with Crippen LogP contribution in [0.4, 0.5) is 5.69 Å². The number of hydrogen-bond donors (Lipinski definition) is 1. The van der Waals surface area contributed by atoms with Gasteiger partial charge in [-0.15, -0.1) is 0 Å². The van der Waals surface area contributed by atoms with E-state index in [0.717, 1.165) is 9.54 Å². The van der Waals surface area contributed by atoms with Gasteiger partial charge in [-0.05, 0) is 19.1 Å². The number of imidazole rings is 1. The largest absolute Gasteiger partial charge is 0.328 e. The molecule has 0 spiro atoms. The van der Waals surface area contributed by atoms with E-state index in [0.29, 0.717) is 5.69 Å². The Morgan fingerprint density at radius 1 is 1.25 bits per heavy atom. The maximum absolute atomic E-state index is 11.8. The fourth-order valence-corrected chi connectivity index (χ4v) is 2.14. The molecule has 0 amide bonds. The second kappa shape index (κ2) is 3.97. The molecule has 0 saturated heterocycles. The SMILES string of the molecule is Cc1ccc(NS(=O)(=O)n2ccnc2)cc1. The molecule has 1 N–H and O–H groups in total. The van der Waals surface area contributed by atoms with E-state index in [-0.39, 0.29) is 0 Å². The first-order valence-corrected chi connectivity index (χ1v) is 6.10. The van der Waals surface area contributed by atoms with Crippen LogP contribution in [0.3, 0.4) is 0 Å². The number of nitrogens with zero attached hydrogens (tertiary/aromatic N) is 2. The van der Waals surface area contributed by atoms with E-state index in [2.05, 4.69) is 9.71 Å². The Labute approximate surface area is 93.9 Å². The van der Waals surface area contributed by atoms with Crippen molar-refractivity contribution in [3.05, 3.63) is 48.5 Å². The highest BCUT2D eigenvalue weighted by molar-refractivity contribution is 7.91. The molecule has 0 aliphatic carbocycles. The lowest BCUT2D eigenvalue weighted by atomic mass is 10.2. The van der Waals surface area contributed by atoms with Crippen LogP contribution in [-0.4, -0.2) is 17.4 Å². The summed E-state index contributed by atoms with van der Waals surface area (Å²) in [6.07, 6.45) is 4.02. The number of hydrogen-bond acceptors (Lipinski definition) is 3. The summed E-state index contributed by atoms with van der Waals surface area (Å²) in [5.74, 6) is 0. The van der Waals surface area contributed by atoms with Gasteiger partial charge in [0.25, 0.3) is 0 Å². The first kappa shape index (κ1) is 10.7. The highest BCUT2D eigenvalue weighted by Gasteiger charge is 2.11. The Morgan fingerprint density at radius 3 is 2.50 bits per heavy atom. The Balaban J connectivity index is 2.25. The standard InChI is InChI=1S/C10H11N3O2S/c1-9-2-4-10(5-3-9)12-16(14,15)13-7-6-11-8-13/h2-8,12H,1H3. The normalized spacial score (nSPS) is 11.3. The van der Waals surface area contributed by atoms with Crippen LogP contribution >= 0.6 is 0 Å². The monoisotopic (exact) mass is 237 g/mol. The lowest BCUT2D eigenvalue weighted by Gasteiger charge is -2.07. The Morgan fingerprint density at radius 2 is 1.94 bits per heavy atom. The van der Waals surface area contributed by atoms with Crippen LogP contribution < -0.4 is 4.72 Å². The molecule has 16 heavy (non-hydrogen) atoms. The molecule has 1 aromatic heterocycles. The lowest BCUT2D eigenvalue weighted by Crippen LogP contribution is -2.20. The first-order valence-electron chi connectivity index (χ1n) is 4.66. The Hall–Kier alpha value is -1.82. The number of aryl methyl sites for hydroxylation is 1. The summed E-state index contributed by atoms with van der Waals surface area (Å²) in [5, 5.41) is 0. The third-order valence-corrected chi connectivity index (χ3v) is 3.32. The molecule has 0 fully saturated rings. The average Bonchev–Trinajstić information content (AvgIpc) is 2.75. The molecule has 1 heterocycles. The van der Waals surface area contributed by atoms with Gasteiger partial charge in [-0.3, -0.25) is 4.72 Å². The highest BCUT2D eigenvalue weighted by atomic mass is 32.2. The summed E-state index contributed by atoms with van der Waals surface area (Å²) in [6, 6.07) is 7.10. The van der Waals surface area contributed by atoms with Crippen molar-refractivity contribution < 1.29 is 8.42 Å². The molecule has 0 bridgehead atoms. The van der Waals surface area contributed by atoms with Crippen LogP contribution in [0.15, 0.2) is 43.0 Å². The fourth-order valence-electron chi connectivity index (χ4n) is 1.21. The van der Waals surface area contributed by atoms with Gasteiger partial charge in [-0.1, -0.05) is 17.7 Å². The van der Waals surface area contributed by atoms with E-state index < -0.39 is 10.2 Å². The summed E-state index contributed by atoms with van der Waals surface area (Å²) in [5.41, 5.74) is 1.60. The van der Waals surface area contributed by atoms with E-state index in [4.69, 9.17) is 0 Å². The van der Waals surface area contributed by atoms with Crippen LogP contribution in [0.5, 0.6) is 0 Å². The molecule has 6 heteroatoms. The summed E-state index contributed by atoms with van der Waals surface area (Å²) >= 11 is 0. The molecule has 5 nitrogen and oxygen atoms in total. The summed E-state index contributed by atoms with van der Waals surface area (Å²) in [7, 11) is -3.58. The quantitative estimate of drug-likeness (QED) is 0.877. The number of aromatic nitrogens is 2. The number of benzene rings is 1. The minimum atomic E-state index is -3.58. The van der Waals surface area contributed by atoms with Gasteiger partial charge in [-0.2, -0.15) is 8.42 Å². The summed E-state index contributed by atoms with van der Waals surface area (Å²) in [4.78, 5) is 3.69. The van der Waals surface area contributed by atoms with Gasteiger partial charge in [-0.25, -0.2) is 8.96 Å². The van der Waals surface area contributed by atoms with Crippen molar-refractivity contribution in [3.63, 3.8) is 0 Å². The van der Waals surface area contributed by atoms with Gasteiger partial charge >= 0.3 is 10.2 Å². The Kier molecular flexibility index (Phi) is 2.66. The minimum Gasteiger partial charge on any atom is -0.266 e. The molecule has 0 atom stereocenters. The van der Waals surface area contributed by atoms with Crippen molar-refractivity contribution in [1.29, 1.82) is 0 Å². The van der Waals surface area contributed by atoms with E-state index in [1.807, 2.05) is 19.1 Å². The molecule has 2 rings (SSSR count). The van der Waals surface area contributed by atoms with Crippen molar-refractivity contribution in [3.8, 4) is 0 Å². The van der Waals surface area contributed by atoms with Crippen molar-refractivity contribution in [2.45, 2.75) is 6.92 Å². The average molecular weight is 237 g/mol. The van der Waals surface area contributed by atoms with E-state index >= 15 is 0 Å². The molecule has 0 unspecified atom stereocenters. The van der Waals surface area contributed by atoms with Crippen LogP contribution in [0, 0.1) is 6.92 Å².